The lowest BCUT2D eigenvalue weighted by molar-refractivity contribution is -0.668. The molecule has 3 aromatic rings. The molecule has 0 saturated heterocycles. The maximum atomic E-state index is 11.5. The van der Waals surface area contributed by atoms with Crippen LogP contribution in [0.25, 0.3) is 16.3 Å². The van der Waals surface area contributed by atoms with Gasteiger partial charge in [0.15, 0.2) is 6.54 Å². The summed E-state index contributed by atoms with van der Waals surface area (Å²) in [4.78, 5) is 3.23. The number of thioether (sulfide) groups is 1. The first-order valence-electron chi connectivity index (χ1n) is 15.7. The van der Waals surface area contributed by atoms with Crippen molar-refractivity contribution in [2.24, 2.45) is 5.41 Å². The van der Waals surface area contributed by atoms with E-state index in [0.717, 1.165) is 55.0 Å². The van der Waals surface area contributed by atoms with E-state index >= 15 is 0 Å². The number of nitrogens with zero attached hydrogens (tertiary/aromatic N) is 2. The standard InChI is InChI=1S/C34H42N2O7S4/c1-6-43-27-10-12-31-29(20-27)36(14-8-16-47(40,41)42)33(45-31)19-26-22-34(4,5)21-25(24(26)3)18-32-35(13-7-15-46(37,38)39)28-17-23(2)9-11-30(28)44-32/h9-12,17-20H,6-8,13-16,21-22H2,1-5H3,(H-,37,38,39,40,41,42). The molecule has 2 aliphatic rings. The molecule has 0 bridgehead atoms. The van der Waals surface area contributed by atoms with Crippen molar-refractivity contribution in [1.29, 1.82) is 0 Å². The van der Waals surface area contributed by atoms with E-state index in [1.54, 1.807) is 23.1 Å². The van der Waals surface area contributed by atoms with Gasteiger partial charge in [0.1, 0.15) is 10.4 Å². The molecule has 47 heavy (non-hydrogen) atoms. The second-order valence-electron chi connectivity index (χ2n) is 13.0. The summed E-state index contributed by atoms with van der Waals surface area (Å²) in [7, 11) is -8.40. The highest BCUT2D eigenvalue weighted by Crippen LogP contribution is 2.49. The van der Waals surface area contributed by atoms with E-state index < -0.39 is 26.0 Å². The number of allylic oxidation sites excluding steroid dienone is 4. The first kappa shape index (κ1) is 35.6. The topological polar surface area (TPSA) is 128 Å². The molecule has 1 aliphatic carbocycles. The van der Waals surface area contributed by atoms with Crippen molar-refractivity contribution >= 4 is 65.3 Å². The predicted molar refractivity (Wildman–Crippen MR) is 190 cm³/mol. The van der Waals surface area contributed by atoms with Gasteiger partial charge in [0.05, 0.1) is 39.3 Å². The first-order valence-corrected chi connectivity index (χ1v) is 20.5. The van der Waals surface area contributed by atoms with Crippen LogP contribution in [0.3, 0.4) is 0 Å². The molecule has 2 heterocycles. The molecule has 1 N–H and O–H groups in total. The van der Waals surface area contributed by atoms with Crippen LogP contribution >= 0.6 is 23.1 Å². The fraction of sp³-hybridized carbons (Fsp3) is 0.441. The molecule has 5 rings (SSSR count). The molecule has 9 nitrogen and oxygen atoms in total. The number of thiazole rings is 1. The van der Waals surface area contributed by atoms with Gasteiger partial charge >= 0.3 is 0 Å². The third-order valence-electron chi connectivity index (χ3n) is 8.36. The van der Waals surface area contributed by atoms with Crippen molar-refractivity contribution in [2.45, 2.75) is 71.7 Å². The highest BCUT2D eigenvalue weighted by molar-refractivity contribution is 8.03. The van der Waals surface area contributed by atoms with Crippen LogP contribution in [0.2, 0.25) is 0 Å². The fourth-order valence-corrected chi connectivity index (χ4v) is 9.46. The Hall–Kier alpha value is -2.68. The number of benzene rings is 2. The van der Waals surface area contributed by atoms with Crippen molar-refractivity contribution in [3.8, 4) is 5.75 Å². The van der Waals surface area contributed by atoms with Gasteiger partial charge in [-0.25, -0.2) is 8.42 Å². The van der Waals surface area contributed by atoms with Gasteiger partial charge in [-0.2, -0.15) is 13.0 Å². The molecule has 13 heteroatoms. The monoisotopic (exact) mass is 718 g/mol. The van der Waals surface area contributed by atoms with Crippen LogP contribution in [0, 0.1) is 12.3 Å². The van der Waals surface area contributed by atoms with Crippen molar-refractivity contribution in [2.75, 3.05) is 29.6 Å². The van der Waals surface area contributed by atoms with Crippen LogP contribution in [0.4, 0.5) is 5.69 Å². The smallest absolute Gasteiger partial charge is 0.265 e. The third kappa shape index (κ3) is 9.07. The van der Waals surface area contributed by atoms with Gasteiger partial charge in [0, 0.05) is 29.7 Å². The summed E-state index contributed by atoms with van der Waals surface area (Å²) in [5, 5.41) is 1.99. The van der Waals surface area contributed by atoms with Crippen LogP contribution in [0.15, 0.2) is 69.1 Å². The summed E-state index contributed by atoms with van der Waals surface area (Å²) in [5.74, 6) is 0.0151. The zero-order valence-corrected chi connectivity index (χ0v) is 30.7. The highest BCUT2D eigenvalue weighted by Gasteiger charge is 2.32. The lowest BCUT2D eigenvalue weighted by Gasteiger charge is -2.33. The fourth-order valence-electron chi connectivity index (χ4n) is 6.21. The van der Waals surface area contributed by atoms with Gasteiger partial charge in [-0.05, 0) is 98.1 Å². The van der Waals surface area contributed by atoms with Gasteiger partial charge in [-0.1, -0.05) is 43.0 Å². The number of aryl methyl sites for hydroxylation is 2. The lowest BCUT2D eigenvalue weighted by Crippen LogP contribution is -2.36. The summed E-state index contributed by atoms with van der Waals surface area (Å²) < 4.78 is 75.5. The van der Waals surface area contributed by atoms with Gasteiger partial charge in [-0.15, -0.1) is 0 Å². The molecule has 0 amide bonds. The molecule has 1 aromatic heterocycles. The van der Waals surface area contributed by atoms with E-state index in [4.69, 9.17) is 4.74 Å². The van der Waals surface area contributed by atoms with E-state index in [-0.39, 0.29) is 24.0 Å². The average molecular weight is 719 g/mol. The van der Waals surface area contributed by atoms with Crippen LogP contribution in [-0.2, 0) is 26.8 Å². The summed E-state index contributed by atoms with van der Waals surface area (Å²) >= 11 is 3.29. The van der Waals surface area contributed by atoms with Crippen LogP contribution in [-0.4, -0.2) is 50.6 Å². The van der Waals surface area contributed by atoms with Gasteiger partial charge in [0.2, 0.25) is 5.52 Å². The molecular weight excluding hydrogens is 677 g/mol. The zero-order valence-electron chi connectivity index (χ0n) is 27.4. The lowest BCUT2D eigenvalue weighted by atomic mass is 9.72. The van der Waals surface area contributed by atoms with Crippen molar-refractivity contribution in [3.63, 3.8) is 0 Å². The first-order chi connectivity index (χ1) is 22.0. The maximum Gasteiger partial charge on any atom is 0.265 e. The van der Waals surface area contributed by atoms with Crippen molar-refractivity contribution < 1.29 is 35.2 Å². The molecule has 2 aromatic carbocycles. The number of hydrogen-bond acceptors (Lipinski definition) is 9. The van der Waals surface area contributed by atoms with E-state index in [1.807, 2.05) is 32.0 Å². The van der Waals surface area contributed by atoms with Gasteiger partial charge in [-0.3, -0.25) is 4.55 Å². The van der Waals surface area contributed by atoms with Crippen LogP contribution in [0.1, 0.15) is 63.9 Å². The molecule has 1 aliphatic heterocycles. The van der Waals surface area contributed by atoms with Gasteiger partial charge in [0.25, 0.3) is 15.1 Å². The molecule has 0 saturated carbocycles. The Balaban J connectivity index is 1.56. The zero-order chi connectivity index (χ0) is 34.1. The quantitative estimate of drug-likeness (QED) is 0.154. The normalized spacial score (nSPS) is 18.5. The van der Waals surface area contributed by atoms with E-state index in [1.165, 1.54) is 16.7 Å². The number of ether oxygens (including phenoxy) is 1. The second kappa shape index (κ2) is 14.0. The SMILES string of the molecule is CCOc1ccc2sc(C=C3CC(C)(C)CC(C=C4Sc5ccc(C)cc5N4CCCS(=O)(=O)[O-])=C3C)[n+](CCCS(=O)(=O)O)c2c1. The molecule has 254 valence electrons. The Morgan fingerprint density at radius 1 is 1.04 bits per heavy atom. The predicted octanol–water partition coefficient (Wildman–Crippen LogP) is 7.08. The molecule has 0 spiro atoms. The van der Waals surface area contributed by atoms with Crippen LogP contribution in [0.5, 0.6) is 5.75 Å². The summed E-state index contributed by atoms with van der Waals surface area (Å²) in [6.45, 7) is 12.0. The minimum atomic E-state index is -4.31. The summed E-state index contributed by atoms with van der Waals surface area (Å²) in [5.41, 5.74) is 6.59. The summed E-state index contributed by atoms with van der Waals surface area (Å²) in [6, 6.07) is 12.2. The molecule has 0 unspecified atom stereocenters. The number of hydrogen-bond donors (Lipinski definition) is 1. The van der Waals surface area contributed by atoms with E-state index in [9.17, 15) is 25.9 Å². The van der Waals surface area contributed by atoms with E-state index in [0.29, 0.717) is 19.7 Å². The molecule has 0 radical (unpaired) electrons. The average Bonchev–Trinajstić information content (AvgIpc) is 3.46. The molecular formula is C34H42N2O7S4. The van der Waals surface area contributed by atoms with Gasteiger partial charge < -0.3 is 14.2 Å². The second-order valence-corrected chi connectivity index (χ2v) is 18.2. The largest absolute Gasteiger partial charge is 0.748 e. The molecule has 0 atom stereocenters. The number of fused-ring (bicyclic) bond motifs is 2. The molecule has 0 fully saturated rings. The highest BCUT2D eigenvalue weighted by atomic mass is 32.2. The Kier molecular flexibility index (Phi) is 10.6. The summed E-state index contributed by atoms with van der Waals surface area (Å²) in [6.07, 6.45) is 6.64. The number of rotatable bonds is 12. The maximum absolute atomic E-state index is 11.5. The van der Waals surface area contributed by atoms with Crippen LogP contribution < -0.4 is 14.2 Å². The Bertz CT molecular complexity index is 1990. The minimum absolute atomic E-state index is 0.0411. The van der Waals surface area contributed by atoms with Crippen molar-refractivity contribution in [3.05, 3.63) is 74.8 Å². The third-order valence-corrected chi connectivity index (χ3v) is 12.2. The number of anilines is 1. The number of aromatic nitrogens is 1. The minimum Gasteiger partial charge on any atom is -0.748 e. The Labute approximate surface area is 286 Å². The van der Waals surface area contributed by atoms with Crippen molar-refractivity contribution in [1.82, 2.24) is 0 Å². The Morgan fingerprint density at radius 2 is 1.81 bits per heavy atom. The Morgan fingerprint density at radius 3 is 2.51 bits per heavy atom. The van der Waals surface area contributed by atoms with E-state index in [2.05, 4.69) is 60.6 Å².